The van der Waals surface area contributed by atoms with Crippen molar-refractivity contribution < 1.29 is 14.3 Å². The number of amides is 3. The number of benzene rings is 2. The fourth-order valence-corrected chi connectivity index (χ4v) is 5.31. The van der Waals surface area contributed by atoms with Crippen LogP contribution in [0.5, 0.6) is 0 Å². The molecule has 0 unspecified atom stereocenters. The van der Waals surface area contributed by atoms with Crippen molar-refractivity contribution in [2.45, 2.75) is 19.9 Å². The number of carbonyl (C=O) groups is 2. The summed E-state index contributed by atoms with van der Waals surface area (Å²) >= 11 is 0. The minimum Gasteiger partial charge on any atom is -0.378 e. The lowest BCUT2D eigenvalue weighted by Gasteiger charge is -2.32. The highest BCUT2D eigenvalue weighted by Gasteiger charge is 2.22. The lowest BCUT2D eigenvalue weighted by atomic mass is 10.1. The minimum absolute atomic E-state index is 0.0128. The molecule has 2 aromatic carbocycles. The number of urea groups is 1. The first-order valence-corrected chi connectivity index (χ1v) is 14.7. The number of rotatable bonds is 6. The first-order chi connectivity index (χ1) is 20.9. The van der Waals surface area contributed by atoms with E-state index in [4.69, 9.17) is 14.7 Å². The summed E-state index contributed by atoms with van der Waals surface area (Å²) in [6.07, 6.45) is 1.82. The van der Waals surface area contributed by atoms with E-state index in [9.17, 15) is 9.59 Å². The van der Waals surface area contributed by atoms with E-state index in [0.29, 0.717) is 36.1 Å². The summed E-state index contributed by atoms with van der Waals surface area (Å²) in [5, 5.41) is 11.2. The average molecular weight is 584 g/mol. The van der Waals surface area contributed by atoms with Gasteiger partial charge in [0.05, 0.1) is 30.5 Å². The first-order valence-electron chi connectivity index (χ1n) is 14.7. The number of carbonyl (C=O) groups excluding carboxylic acids is 2. The van der Waals surface area contributed by atoms with Crippen LogP contribution in [0.4, 0.5) is 22.1 Å². The number of fused-ring (bicyclic) bond motifs is 1. The van der Waals surface area contributed by atoms with Crippen molar-refractivity contribution in [3.8, 4) is 11.3 Å². The molecule has 0 bridgehead atoms. The smallest absolute Gasteiger partial charge is 0.323 e. The third kappa shape index (κ3) is 6.30. The van der Waals surface area contributed by atoms with Gasteiger partial charge in [-0.15, -0.1) is 0 Å². The van der Waals surface area contributed by atoms with E-state index in [1.165, 1.54) is 0 Å². The molecule has 4 heterocycles. The van der Waals surface area contributed by atoms with Crippen molar-refractivity contribution in [1.29, 1.82) is 0 Å². The molecule has 2 aromatic heterocycles. The van der Waals surface area contributed by atoms with Gasteiger partial charge in [0, 0.05) is 67.8 Å². The Balaban J connectivity index is 1.14. The molecule has 0 aliphatic carbocycles. The molecule has 12 heteroatoms. The van der Waals surface area contributed by atoms with E-state index in [0.717, 1.165) is 61.6 Å². The van der Waals surface area contributed by atoms with Crippen LogP contribution in [0.2, 0.25) is 0 Å². The number of nitrogens with zero attached hydrogens (tertiary/aromatic N) is 7. The maximum Gasteiger partial charge on any atom is 0.323 e. The van der Waals surface area contributed by atoms with Gasteiger partial charge >= 0.3 is 6.03 Å². The van der Waals surface area contributed by atoms with E-state index in [2.05, 4.69) is 46.4 Å². The summed E-state index contributed by atoms with van der Waals surface area (Å²) in [4.78, 5) is 41.6. The largest absolute Gasteiger partial charge is 0.378 e. The Morgan fingerprint density at radius 3 is 2.09 bits per heavy atom. The SMILES string of the molecule is CC(C)n1ncc2c(-c3ccc(NC(=O)Nc4ccc(C(=O)N5CCN(C)CC5)cc4)cc3)nc(N3CCOCC3)nc21. The Morgan fingerprint density at radius 1 is 0.837 bits per heavy atom. The molecule has 2 aliphatic heterocycles. The van der Waals surface area contributed by atoms with Gasteiger partial charge in [0.25, 0.3) is 5.91 Å². The van der Waals surface area contributed by atoms with Crippen molar-refractivity contribution in [1.82, 2.24) is 29.5 Å². The zero-order chi connectivity index (χ0) is 29.9. The molecule has 0 saturated carbocycles. The molecule has 43 heavy (non-hydrogen) atoms. The van der Waals surface area contributed by atoms with Gasteiger partial charge in [-0.2, -0.15) is 10.1 Å². The predicted molar refractivity (Wildman–Crippen MR) is 167 cm³/mol. The molecular formula is C31H37N9O3. The van der Waals surface area contributed by atoms with Gasteiger partial charge in [-0.3, -0.25) is 4.79 Å². The van der Waals surface area contributed by atoms with Crippen molar-refractivity contribution in [3.63, 3.8) is 0 Å². The predicted octanol–water partition coefficient (Wildman–Crippen LogP) is 3.94. The number of ether oxygens (including phenoxy) is 1. The van der Waals surface area contributed by atoms with Crippen molar-refractivity contribution in [2.75, 3.05) is 75.1 Å². The second-order valence-corrected chi connectivity index (χ2v) is 11.2. The lowest BCUT2D eigenvalue weighted by Crippen LogP contribution is -2.47. The van der Waals surface area contributed by atoms with Crippen molar-refractivity contribution in [3.05, 3.63) is 60.3 Å². The van der Waals surface area contributed by atoms with Crippen LogP contribution in [0, 0.1) is 0 Å². The number of likely N-dealkylation sites (N-methyl/N-ethyl adjacent to an activating group) is 1. The molecule has 4 aromatic rings. The van der Waals surface area contributed by atoms with E-state index < -0.39 is 0 Å². The Morgan fingerprint density at radius 2 is 1.47 bits per heavy atom. The summed E-state index contributed by atoms with van der Waals surface area (Å²) in [7, 11) is 2.06. The van der Waals surface area contributed by atoms with Gasteiger partial charge in [0.2, 0.25) is 5.95 Å². The highest BCUT2D eigenvalue weighted by atomic mass is 16.5. The molecule has 6 rings (SSSR count). The van der Waals surface area contributed by atoms with Crippen LogP contribution in [0.25, 0.3) is 22.3 Å². The Labute approximate surface area is 250 Å². The summed E-state index contributed by atoms with van der Waals surface area (Å²) in [6.45, 7) is 10.1. The summed E-state index contributed by atoms with van der Waals surface area (Å²) in [5.41, 5.74) is 4.34. The van der Waals surface area contributed by atoms with E-state index in [1.807, 2.05) is 40.0 Å². The second-order valence-electron chi connectivity index (χ2n) is 11.2. The highest BCUT2D eigenvalue weighted by molar-refractivity contribution is 6.01. The van der Waals surface area contributed by atoms with Crippen molar-refractivity contribution >= 4 is 40.3 Å². The van der Waals surface area contributed by atoms with Crippen LogP contribution < -0.4 is 15.5 Å². The quantitative estimate of drug-likeness (QED) is 0.350. The number of aromatic nitrogens is 4. The number of nitrogens with one attached hydrogen (secondary N) is 2. The normalized spacial score (nSPS) is 16.1. The lowest BCUT2D eigenvalue weighted by molar-refractivity contribution is 0.0664. The van der Waals surface area contributed by atoms with E-state index >= 15 is 0 Å². The molecule has 0 radical (unpaired) electrons. The third-order valence-electron chi connectivity index (χ3n) is 7.82. The molecule has 0 spiro atoms. The maximum absolute atomic E-state index is 12.8. The molecule has 2 N–H and O–H groups in total. The van der Waals surface area contributed by atoms with Crippen LogP contribution in [0.3, 0.4) is 0 Å². The Hall–Kier alpha value is -4.55. The number of hydrogen-bond donors (Lipinski definition) is 2. The third-order valence-corrected chi connectivity index (χ3v) is 7.82. The number of hydrogen-bond acceptors (Lipinski definition) is 8. The highest BCUT2D eigenvalue weighted by Crippen LogP contribution is 2.30. The van der Waals surface area contributed by atoms with E-state index in [-0.39, 0.29) is 18.0 Å². The molecule has 2 fully saturated rings. The fourth-order valence-electron chi connectivity index (χ4n) is 5.31. The van der Waals surface area contributed by atoms with Gasteiger partial charge < -0.3 is 30.1 Å². The van der Waals surface area contributed by atoms with Crippen LogP contribution >= 0.6 is 0 Å². The number of morpholine rings is 1. The second kappa shape index (κ2) is 12.4. The van der Waals surface area contributed by atoms with Gasteiger partial charge in [0.15, 0.2) is 5.65 Å². The topological polar surface area (TPSA) is 121 Å². The van der Waals surface area contributed by atoms with Gasteiger partial charge in [-0.1, -0.05) is 12.1 Å². The summed E-state index contributed by atoms with van der Waals surface area (Å²) in [5.74, 6) is 0.671. The Kier molecular flexibility index (Phi) is 8.21. The molecule has 0 atom stereocenters. The maximum atomic E-state index is 12.8. The standard InChI is InChI=1S/C31H37N9O3/c1-21(2)40-28-26(20-32-40)27(35-30(36-28)39-16-18-43-19-17-39)22-4-8-24(9-5-22)33-31(42)34-25-10-6-23(7-11-25)29(41)38-14-12-37(3)13-15-38/h4-11,20-21H,12-19H2,1-3H3,(H2,33,34,42). The molecule has 224 valence electrons. The van der Waals surface area contributed by atoms with Crippen LogP contribution in [-0.4, -0.2) is 101 Å². The Bertz CT molecular complexity index is 1590. The zero-order valence-corrected chi connectivity index (χ0v) is 24.8. The van der Waals surface area contributed by atoms with Crippen LogP contribution in [0.1, 0.15) is 30.2 Å². The summed E-state index contributed by atoms with van der Waals surface area (Å²) < 4.78 is 7.44. The molecule has 2 saturated heterocycles. The molecule has 3 amide bonds. The van der Waals surface area contributed by atoms with Gasteiger partial charge in [0.1, 0.15) is 0 Å². The molecular weight excluding hydrogens is 546 g/mol. The first kappa shape index (κ1) is 28.6. The minimum atomic E-state index is -0.372. The number of anilines is 3. The zero-order valence-electron chi connectivity index (χ0n) is 24.8. The van der Waals surface area contributed by atoms with Gasteiger partial charge in [-0.05, 0) is 57.3 Å². The van der Waals surface area contributed by atoms with E-state index in [1.54, 1.807) is 24.3 Å². The van der Waals surface area contributed by atoms with Crippen LogP contribution in [-0.2, 0) is 4.74 Å². The van der Waals surface area contributed by atoms with Gasteiger partial charge in [-0.25, -0.2) is 14.5 Å². The van der Waals surface area contributed by atoms with Crippen LogP contribution in [0.15, 0.2) is 54.7 Å². The summed E-state index contributed by atoms with van der Waals surface area (Å²) in [6, 6.07) is 14.3. The van der Waals surface area contributed by atoms with Crippen molar-refractivity contribution in [2.24, 2.45) is 0 Å². The number of piperazine rings is 1. The molecule has 2 aliphatic rings. The fraction of sp³-hybridized carbons (Fsp3) is 0.387. The molecule has 12 nitrogen and oxygen atoms in total. The monoisotopic (exact) mass is 583 g/mol. The average Bonchev–Trinajstić information content (AvgIpc) is 3.46.